The summed E-state index contributed by atoms with van der Waals surface area (Å²) in [7, 11) is 0. The topological polar surface area (TPSA) is 42.8 Å². The fourth-order valence-corrected chi connectivity index (χ4v) is 13.6. The largest absolute Gasteiger partial charge is 0.456 e. The molecule has 0 N–H and O–H groups in total. The van der Waals surface area contributed by atoms with Crippen molar-refractivity contribution in [3.05, 3.63) is 314 Å². The van der Waals surface area contributed by atoms with Gasteiger partial charge in [-0.05, 0) is 146 Å². The first-order chi connectivity index (χ1) is 41.0. The molecule has 0 radical (unpaired) electrons. The standard InChI is InChI=1S/C78H49N3OS/c1-49-41-69(79-78(80-76(49)52-23-9-4-10-24-52)57-27-15-25-53(42-57)60-44-58(50-19-5-2-6-20-50)43-59(45-60)51-21-7-3-8-22-51)66-33-18-35-73-75(66)68-48-55(38-40-72(68)82-73)54-37-39-71-67(47-54)63-29-11-13-34-70(63)81(71)61-28-16-26-56(46-61)62-31-17-32-65-64-30-12-14-36-74(64)83-77(62)65/h2-48H,1H2. The third kappa shape index (κ3) is 8.44. The number of hydrogen-bond donors (Lipinski definition) is 0. The van der Waals surface area contributed by atoms with Gasteiger partial charge in [-0.25, -0.2) is 9.98 Å². The molecule has 15 aromatic rings. The first-order valence-corrected chi connectivity index (χ1v) is 28.9. The van der Waals surface area contributed by atoms with E-state index in [1.807, 2.05) is 29.5 Å². The van der Waals surface area contributed by atoms with Crippen molar-refractivity contribution in [3.8, 4) is 61.3 Å². The van der Waals surface area contributed by atoms with E-state index in [1.165, 1.54) is 42.1 Å². The Kier molecular flexibility index (Phi) is 11.5. The van der Waals surface area contributed by atoms with E-state index in [4.69, 9.17) is 14.4 Å². The highest BCUT2D eigenvalue weighted by Crippen LogP contribution is 2.44. The lowest BCUT2D eigenvalue weighted by Crippen LogP contribution is -2.06. The molecule has 0 unspecified atom stereocenters. The van der Waals surface area contributed by atoms with Gasteiger partial charge in [-0.2, -0.15) is 0 Å². The van der Waals surface area contributed by atoms with Crippen LogP contribution in [-0.2, 0) is 0 Å². The van der Waals surface area contributed by atoms with Gasteiger partial charge in [0.1, 0.15) is 11.2 Å². The number of fused-ring (bicyclic) bond motifs is 9. The molecule has 0 amide bonds. The highest BCUT2D eigenvalue weighted by molar-refractivity contribution is 7.26. The van der Waals surface area contributed by atoms with E-state index in [2.05, 4.69) is 278 Å². The molecule has 3 aromatic heterocycles. The molecule has 0 saturated heterocycles. The SMILES string of the molecule is C=C1C=C(c2cccc3oc4ccc(-c5ccc6c(c5)c5ccccc5n6-c5cccc(-c6cccc7c6sc6ccccc67)c5)cc4c23)N=C(c2cccc(-c3cc(-c4ccccc4)cc(-c4ccccc4)c3)c2)N=C1c1ccccc1. The Bertz CT molecular complexity index is 5150. The minimum absolute atomic E-state index is 0.594. The van der Waals surface area contributed by atoms with Gasteiger partial charge in [-0.15, -0.1) is 11.3 Å². The molecular formula is C78H49N3OS. The number of allylic oxidation sites excluding steroid dienone is 2. The second-order valence-corrected chi connectivity index (χ2v) is 22.4. The average molecular weight is 1080 g/mol. The minimum Gasteiger partial charge on any atom is -0.456 e. The summed E-state index contributed by atoms with van der Waals surface area (Å²) >= 11 is 1.87. The van der Waals surface area contributed by atoms with E-state index in [0.717, 1.165) is 117 Å². The molecule has 1 aliphatic heterocycles. The Balaban J connectivity index is 0.804. The third-order valence-corrected chi connectivity index (χ3v) is 17.5. The van der Waals surface area contributed by atoms with Gasteiger partial charge in [0.2, 0.25) is 0 Å². The number of furan rings is 1. The molecular weight excluding hydrogens is 1030 g/mol. The van der Waals surface area contributed by atoms with Crippen LogP contribution in [0.25, 0.3) is 131 Å². The van der Waals surface area contributed by atoms with E-state index < -0.39 is 0 Å². The van der Waals surface area contributed by atoms with Crippen LogP contribution in [0.3, 0.4) is 0 Å². The quantitative estimate of drug-likeness (QED) is 0.142. The molecule has 1 aliphatic rings. The van der Waals surface area contributed by atoms with Gasteiger partial charge >= 0.3 is 0 Å². The zero-order valence-electron chi connectivity index (χ0n) is 45.0. The van der Waals surface area contributed by atoms with E-state index in [1.54, 1.807) is 0 Å². The Morgan fingerprint density at radius 2 is 0.904 bits per heavy atom. The molecule has 0 saturated carbocycles. The number of hydrogen-bond acceptors (Lipinski definition) is 4. The number of amidine groups is 1. The van der Waals surface area contributed by atoms with Gasteiger partial charge in [-0.1, -0.05) is 207 Å². The van der Waals surface area contributed by atoms with Crippen LogP contribution in [0.15, 0.2) is 312 Å². The summed E-state index contributed by atoms with van der Waals surface area (Å²) in [6, 6.07) is 99.9. The summed E-state index contributed by atoms with van der Waals surface area (Å²) in [5.74, 6) is 0.594. The molecule has 0 spiro atoms. The molecule has 16 rings (SSSR count). The summed E-state index contributed by atoms with van der Waals surface area (Å²) in [6.45, 7) is 4.66. The first kappa shape index (κ1) is 48.2. The summed E-state index contributed by atoms with van der Waals surface area (Å²) in [4.78, 5) is 11.0. The van der Waals surface area contributed by atoms with Crippen molar-refractivity contribution in [2.45, 2.75) is 0 Å². The second-order valence-electron chi connectivity index (χ2n) is 21.3. The lowest BCUT2D eigenvalue weighted by atomic mass is 9.93. The number of para-hydroxylation sites is 1. The van der Waals surface area contributed by atoms with Crippen molar-refractivity contribution in [3.63, 3.8) is 0 Å². The van der Waals surface area contributed by atoms with Gasteiger partial charge in [-0.3, -0.25) is 0 Å². The summed E-state index contributed by atoms with van der Waals surface area (Å²) in [5.41, 5.74) is 21.6. The molecule has 388 valence electrons. The van der Waals surface area contributed by atoms with Crippen LogP contribution in [-0.4, -0.2) is 16.1 Å². The van der Waals surface area contributed by atoms with Gasteiger partial charge in [0.25, 0.3) is 0 Å². The van der Waals surface area contributed by atoms with Crippen molar-refractivity contribution in [2.75, 3.05) is 0 Å². The first-order valence-electron chi connectivity index (χ1n) is 28.0. The van der Waals surface area contributed by atoms with Crippen LogP contribution in [0, 0.1) is 0 Å². The Morgan fingerprint density at radius 3 is 1.69 bits per heavy atom. The van der Waals surface area contributed by atoms with Gasteiger partial charge < -0.3 is 8.98 Å². The molecule has 0 atom stereocenters. The van der Waals surface area contributed by atoms with Crippen molar-refractivity contribution in [1.82, 2.24) is 4.57 Å². The molecule has 0 aliphatic carbocycles. The van der Waals surface area contributed by atoms with E-state index >= 15 is 0 Å². The average Bonchev–Trinajstić information content (AvgIpc) is 4.35. The molecule has 0 fully saturated rings. The summed E-state index contributed by atoms with van der Waals surface area (Å²) < 4.78 is 11.8. The number of benzene rings is 12. The number of thiophene rings is 1. The van der Waals surface area contributed by atoms with Crippen LogP contribution < -0.4 is 0 Å². The van der Waals surface area contributed by atoms with Gasteiger partial charge in [0, 0.05) is 64.1 Å². The lowest BCUT2D eigenvalue weighted by Gasteiger charge is -2.13. The smallest absolute Gasteiger partial charge is 0.160 e. The normalized spacial score (nSPS) is 12.8. The number of aromatic nitrogens is 1. The summed E-state index contributed by atoms with van der Waals surface area (Å²) in [5, 5.41) is 6.99. The van der Waals surface area contributed by atoms with Crippen LogP contribution >= 0.6 is 11.3 Å². The maximum Gasteiger partial charge on any atom is 0.160 e. The van der Waals surface area contributed by atoms with Crippen LogP contribution in [0.1, 0.15) is 16.7 Å². The van der Waals surface area contributed by atoms with Crippen LogP contribution in [0.5, 0.6) is 0 Å². The fraction of sp³-hybridized carbons (Fsp3) is 0. The Hall–Kier alpha value is -10.7. The predicted molar refractivity (Wildman–Crippen MR) is 351 cm³/mol. The zero-order valence-corrected chi connectivity index (χ0v) is 45.8. The van der Waals surface area contributed by atoms with E-state index in [-0.39, 0.29) is 0 Å². The fourth-order valence-electron chi connectivity index (χ4n) is 12.4. The van der Waals surface area contributed by atoms with Crippen LogP contribution in [0.4, 0.5) is 0 Å². The Morgan fingerprint density at radius 1 is 0.349 bits per heavy atom. The minimum atomic E-state index is 0.594. The van der Waals surface area contributed by atoms with Crippen molar-refractivity contribution in [2.24, 2.45) is 9.98 Å². The van der Waals surface area contributed by atoms with E-state index in [0.29, 0.717) is 5.84 Å². The maximum absolute atomic E-state index is 6.71. The molecule has 4 nitrogen and oxygen atoms in total. The van der Waals surface area contributed by atoms with Crippen molar-refractivity contribution >= 4 is 92.5 Å². The highest BCUT2D eigenvalue weighted by Gasteiger charge is 2.22. The third-order valence-electron chi connectivity index (χ3n) is 16.3. The number of nitrogens with zero attached hydrogens (tertiary/aromatic N) is 3. The van der Waals surface area contributed by atoms with Crippen molar-refractivity contribution < 1.29 is 4.42 Å². The van der Waals surface area contributed by atoms with E-state index in [9.17, 15) is 0 Å². The number of aliphatic imine (C=N–C) groups is 2. The molecule has 12 aromatic carbocycles. The zero-order chi connectivity index (χ0) is 55.0. The van der Waals surface area contributed by atoms with Crippen LogP contribution in [0.2, 0.25) is 0 Å². The van der Waals surface area contributed by atoms with Crippen molar-refractivity contribution in [1.29, 1.82) is 0 Å². The maximum atomic E-state index is 6.71. The summed E-state index contributed by atoms with van der Waals surface area (Å²) in [6.07, 6.45) is 2.08. The lowest BCUT2D eigenvalue weighted by molar-refractivity contribution is 0.669. The monoisotopic (exact) mass is 1080 g/mol. The molecule has 0 bridgehead atoms. The van der Waals surface area contributed by atoms with Gasteiger partial charge in [0.05, 0.1) is 22.4 Å². The Labute approximate surface area is 483 Å². The molecule has 5 heteroatoms. The molecule has 83 heavy (non-hydrogen) atoms. The predicted octanol–water partition coefficient (Wildman–Crippen LogP) is 21.2. The highest BCUT2D eigenvalue weighted by atomic mass is 32.1. The van der Waals surface area contributed by atoms with Gasteiger partial charge in [0.15, 0.2) is 5.84 Å². The number of rotatable bonds is 9. The second kappa shape index (κ2) is 19.8. The molecule has 4 heterocycles.